The maximum absolute atomic E-state index is 12.3. The van der Waals surface area contributed by atoms with Crippen LogP contribution in [-0.4, -0.2) is 35.7 Å². The molecule has 2 atom stereocenters. The molecule has 2 N–H and O–H groups in total. The Kier molecular flexibility index (Phi) is 4.57. The number of nitrogens with zero attached hydrogens (tertiary/aromatic N) is 1. The minimum absolute atomic E-state index is 0.00298. The van der Waals surface area contributed by atoms with Gasteiger partial charge in [0, 0.05) is 25.0 Å². The maximum atomic E-state index is 12.3. The van der Waals surface area contributed by atoms with Crippen molar-refractivity contribution in [2.75, 3.05) is 13.1 Å². The number of hydrogen-bond acceptors (Lipinski definition) is 3. The molecule has 21 heavy (non-hydrogen) atoms. The van der Waals surface area contributed by atoms with Gasteiger partial charge in [-0.2, -0.15) is 0 Å². The number of likely N-dealkylation sites (tertiary alicyclic amines) is 1. The van der Waals surface area contributed by atoms with Crippen molar-refractivity contribution in [3.8, 4) is 0 Å². The molecule has 0 spiro atoms. The molecule has 1 saturated heterocycles. The summed E-state index contributed by atoms with van der Waals surface area (Å²) in [5, 5.41) is 0. The normalized spacial score (nSPS) is 23.0. The number of hydrogen-bond donors (Lipinski definition) is 1. The summed E-state index contributed by atoms with van der Waals surface area (Å²) in [5.41, 5.74) is 8.15. The third-order valence-corrected chi connectivity index (χ3v) is 3.65. The lowest BCUT2D eigenvalue weighted by atomic mass is 9.88. The maximum Gasteiger partial charge on any atom is 0.410 e. The molecule has 0 radical (unpaired) electrons. The fraction of sp³-hybridized carbons (Fsp3) is 0.588. The first kappa shape index (κ1) is 15.8. The predicted octanol–water partition coefficient (Wildman–Crippen LogP) is 3.05. The van der Waals surface area contributed by atoms with E-state index in [1.165, 1.54) is 11.1 Å². The zero-order valence-corrected chi connectivity index (χ0v) is 13.4. The summed E-state index contributed by atoms with van der Waals surface area (Å²) in [6, 6.07) is 8.43. The first-order valence-corrected chi connectivity index (χ1v) is 7.54. The molecule has 1 aliphatic heterocycles. The molecule has 0 unspecified atom stereocenters. The van der Waals surface area contributed by atoms with Crippen molar-refractivity contribution >= 4 is 6.09 Å². The Labute approximate surface area is 127 Å². The molecule has 116 valence electrons. The van der Waals surface area contributed by atoms with Crippen molar-refractivity contribution in [1.29, 1.82) is 0 Å². The number of aryl methyl sites for hydroxylation is 1. The third kappa shape index (κ3) is 4.46. The van der Waals surface area contributed by atoms with Gasteiger partial charge in [-0.1, -0.05) is 29.8 Å². The Morgan fingerprint density at radius 3 is 2.67 bits per heavy atom. The van der Waals surface area contributed by atoms with Gasteiger partial charge in [0.2, 0.25) is 0 Å². The van der Waals surface area contributed by atoms with Crippen LogP contribution in [-0.2, 0) is 4.74 Å². The fourth-order valence-corrected chi connectivity index (χ4v) is 2.78. The molecule has 0 aliphatic carbocycles. The Bertz CT molecular complexity index is 508. The highest BCUT2D eigenvalue weighted by molar-refractivity contribution is 5.68. The largest absolute Gasteiger partial charge is 0.444 e. The summed E-state index contributed by atoms with van der Waals surface area (Å²) in [6.45, 7) is 8.97. The van der Waals surface area contributed by atoms with Crippen molar-refractivity contribution < 1.29 is 9.53 Å². The first-order chi connectivity index (χ1) is 9.74. The second-order valence-corrected chi connectivity index (χ2v) is 6.99. The van der Waals surface area contributed by atoms with Crippen LogP contribution in [0.4, 0.5) is 4.79 Å². The fourth-order valence-electron chi connectivity index (χ4n) is 2.78. The average molecular weight is 290 g/mol. The Balaban J connectivity index is 2.10. The Morgan fingerprint density at radius 2 is 2.05 bits per heavy atom. The summed E-state index contributed by atoms with van der Waals surface area (Å²) in [5.74, 6) is 0.279. The molecule has 1 heterocycles. The molecule has 1 aliphatic rings. The van der Waals surface area contributed by atoms with Gasteiger partial charge in [-0.3, -0.25) is 0 Å². The minimum atomic E-state index is -0.475. The number of benzene rings is 1. The second kappa shape index (κ2) is 6.06. The number of rotatable bonds is 1. The molecule has 1 fully saturated rings. The SMILES string of the molecule is Cc1cccc([C@H]2C[C@H](N)CN(C(=O)OC(C)(C)C)C2)c1. The van der Waals surface area contributed by atoms with E-state index in [-0.39, 0.29) is 18.1 Å². The number of nitrogens with two attached hydrogens (primary N) is 1. The third-order valence-electron chi connectivity index (χ3n) is 3.65. The van der Waals surface area contributed by atoms with Crippen LogP contribution in [0.1, 0.15) is 44.2 Å². The van der Waals surface area contributed by atoms with Crippen LogP contribution in [0.5, 0.6) is 0 Å². The molecular formula is C17H26N2O2. The number of carbonyl (C=O) groups is 1. The standard InChI is InChI=1S/C17H26N2O2/c1-12-6-5-7-13(8-12)14-9-15(18)11-19(10-14)16(20)21-17(2,3)4/h5-8,14-15H,9-11,18H2,1-4H3/t14-,15-/m0/s1. The van der Waals surface area contributed by atoms with Crippen molar-refractivity contribution in [2.45, 2.75) is 51.7 Å². The Hall–Kier alpha value is -1.55. The van der Waals surface area contributed by atoms with E-state index in [4.69, 9.17) is 10.5 Å². The van der Waals surface area contributed by atoms with Gasteiger partial charge in [0.1, 0.15) is 5.60 Å². The van der Waals surface area contributed by atoms with Crippen molar-refractivity contribution in [3.05, 3.63) is 35.4 Å². The van der Waals surface area contributed by atoms with Crippen molar-refractivity contribution in [1.82, 2.24) is 4.90 Å². The van der Waals surface area contributed by atoms with Gasteiger partial charge in [-0.15, -0.1) is 0 Å². The molecule has 0 aromatic heterocycles. The van der Waals surface area contributed by atoms with Crippen molar-refractivity contribution in [2.24, 2.45) is 5.73 Å². The first-order valence-electron chi connectivity index (χ1n) is 7.54. The van der Waals surface area contributed by atoms with Crippen LogP contribution < -0.4 is 5.73 Å². The highest BCUT2D eigenvalue weighted by Crippen LogP contribution is 2.28. The second-order valence-electron chi connectivity index (χ2n) is 6.99. The van der Waals surface area contributed by atoms with Gasteiger partial charge in [0.05, 0.1) is 0 Å². The van der Waals surface area contributed by atoms with E-state index in [1.54, 1.807) is 4.90 Å². The molecule has 1 aromatic rings. The lowest BCUT2D eigenvalue weighted by Crippen LogP contribution is -2.50. The molecule has 1 aromatic carbocycles. The smallest absolute Gasteiger partial charge is 0.410 e. The van der Waals surface area contributed by atoms with Crippen LogP contribution in [0.15, 0.2) is 24.3 Å². The molecule has 4 heteroatoms. The van der Waals surface area contributed by atoms with Crippen molar-refractivity contribution in [3.63, 3.8) is 0 Å². The molecule has 0 bridgehead atoms. The van der Waals surface area contributed by atoms with E-state index < -0.39 is 5.60 Å². The summed E-state index contributed by atoms with van der Waals surface area (Å²) in [7, 11) is 0. The molecular weight excluding hydrogens is 264 g/mol. The molecule has 4 nitrogen and oxygen atoms in total. The Morgan fingerprint density at radius 1 is 1.33 bits per heavy atom. The highest BCUT2D eigenvalue weighted by atomic mass is 16.6. The van der Waals surface area contributed by atoms with Crippen LogP contribution in [0.25, 0.3) is 0 Å². The van der Waals surface area contributed by atoms with E-state index in [0.717, 1.165) is 6.42 Å². The van der Waals surface area contributed by atoms with Crippen LogP contribution in [0.2, 0.25) is 0 Å². The van der Waals surface area contributed by atoms with E-state index in [2.05, 4.69) is 31.2 Å². The average Bonchev–Trinajstić information content (AvgIpc) is 2.36. The van der Waals surface area contributed by atoms with Gasteiger partial charge < -0.3 is 15.4 Å². The number of ether oxygens (including phenoxy) is 1. The highest BCUT2D eigenvalue weighted by Gasteiger charge is 2.31. The zero-order valence-electron chi connectivity index (χ0n) is 13.4. The van der Waals surface area contributed by atoms with E-state index >= 15 is 0 Å². The predicted molar refractivity (Wildman–Crippen MR) is 84.3 cm³/mol. The quantitative estimate of drug-likeness (QED) is 0.865. The number of piperidine rings is 1. The summed E-state index contributed by atoms with van der Waals surface area (Å²) >= 11 is 0. The molecule has 1 amide bonds. The van der Waals surface area contributed by atoms with E-state index in [0.29, 0.717) is 13.1 Å². The number of carbonyl (C=O) groups excluding carboxylic acids is 1. The topological polar surface area (TPSA) is 55.6 Å². The summed E-state index contributed by atoms with van der Waals surface area (Å²) in [4.78, 5) is 14.0. The number of amides is 1. The summed E-state index contributed by atoms with van der Waals surface area (Å²) in [6.07, 6.45) is 0.637. The van der Waals surface area contributed by atoms with Crippen LogP contribution in [0.3, 0.4) is 0 Å². The van der Waals surface area contributed by atoms with Crippen LogP contribution >= 0.6 is 0 Å². The zero-order chi connectivity index (χ0) is 15.6. The van der Waals surface area contributed by atoms with E-state index in [9.17, 15) is 4.79 Å². The molecule has 0 saturated carbocycles. The lowest BCUT2D eigenvalue weighted by Gasteiger charge is -2.37. The van der Waals surface area contributed by atoms with E-state index in [1.807, 2.05) is 20.8 Å². The lowest BCUT2D eigenvalue weighted by molar-refractivity contribution is 0.0181. The van der Waals surface area contributed by atoms with Gasteiger partial charge in [0.25, 0.3) is 0 Å². The monoisotopic (exact) mass is 290 g/mol. The minimum Gasteiger partial charge on any atom is -0.444 e. The van der Waals surface area contributed by atoms with Gasteiger partial charge in [-0.25, -0.2) is 4.79 Å². The van der Waals surface area contributed by atoms with Gasteiger partial charge in [-0.05, 0) is 39.7 Å². The van der Waals surface area contributed by atoms with Crippen LogP contribution in [0, 0.1) is 6.92 Å². The summed E-state index contributed by atoms with van der Waals surface area (Å²) < 4.78 is 5.46. The van der Waals surface area contributed by atoms with Gasteiger partial charge in [0.15, 0.2) is 0 Å². The van der Waals surface area contributed by atoms with Gasteiger partial charge >= 0.3 is 6.09 Å². The molecule has 2 rings (SSSR count).